The van der Waals surface area contributed by atoms with Gasteiger partial charge < -0.3 is 9.47 Å². The minimum absolute atomic E-state index is 0.0732. The highest BCUT2D eigenvalue weighted by Gasteiger charge is 2.53. The average Bonchev–Trinajstić information content (AvgIpc) is 3.13. The molecular formula is C16H22N6O. The van der Waals surface area contributed by atoms with E-state index < -0.39 is 0 Å². The summed E-state index contributed by atoms with van der Waals surface area (Å²) >= 11 is 0. The lowest BCUT2D eigenvalue weighted by Gasteiger charge is -2.42. The fourth-order valence-corrected chi connectivity index (χ4v) is 4.20. The van der Waals surface area contributed by atoms with E-state index in [-0.39, 0.29) is 17.2 Å². The number of hydrogen-bond donors (Lipinski definition) is 0. The monoisotopic (exact) mass is 314 g/mol. The Labute approximate surface area is 135 Å². The van der Waals surface area contributed by atoms with Crippen LogP contribution in [0.5, 0.6) is 0 Å². The zero-order chi connectivity index (χ0) is 16.2. The predicted octanol–water partition coefficient (Wildman–Crippen LogP) is 1.27. The SMILES string of the molecule is Cc1cc(C(=O)N2CC(c3nncn3C)C3(CCC3)C2)n(C)n1. The van der Waals surface area contributed by atoms with Gasteiger partial charge in [-0.15, -0.1) is 10.2 Å². The second-order valence-corrected chi connectivity index (χ2v) is 7.05. The van der Waals surface area contributed by atoms with Crippen LogP contribution in [-0.4, -0.2) is 48.4 Å². The first kappa shape index (κ1) is 14.4. The molecule has 1 saturated carbocycles. The quantitative estimate of drug-likeness (QED) is 0.837. The van der Waals surface area contributed by atoms with Crippen LogP contribution < -0.4 is 0 Å². The Bertz CT molecular complexity index is 756. The minimum Gasteiger partial charge on any atom is -0.336 e. The fraction of sp³-hybridized carbons (Fsp3) is 0.625. The molecule has 0 bridgehead atoms. The first-order chi connectivity index (χ1) is 11.0. The van der Waals surface area contributed by atoms with Crippen LogP contribution in [0.4, 0.5) is 0 Å². The van der Waals surface area contributed by atoms with Crippen molar-refractivity contribution in [1.82, 2.24) is 29.4 Å². The smallest absolute Gasteiger partial charge is 0.272 e. The number of amides is 1. The number of hydrogen-bond acceptors (Lipinski definition) is 4. The molecule has 1 spiro atoms. The molecule has 1 amide bonds. The largest absolute Gasteiger partial charge is 0.336 e. The van der Waals surface area contributed by atoms with E-state index in [9.17, 15) is 4.79 Å². The van der Waals surface area contributed by atoms with Gasteiger partial charge in [-0.05, 0) is 31.2 Å². The molecule has 2 aromatic rings. The molecule has 23 heavy (non-hydrogen) atoms. The van der Waals surface area contributed by atoms with E-state index in [1.54, 1.807) is 11.0 Å². The normalized spacial score (nSPS) is 22.6. The summed E-state index contributed by atoms with van der Waals surface area (Å²) in [6, 6.07) is 1.87. The van der Waals surface area contributed by atoms with Crippen LogP contribution in [-0.2, 0) is 14.1 Å². The van der Waals surface area contributed by atoms with E-state index in [4.69, 9.17) is 0 Å². The molecule has 0 aromatic carbocycles. The van der Waals surface area contributed by atoms with E-state index in [1.807, 2.05) is 36.6 Å². The standard InChI is InChI=1S/C16H22N6O/c1-11-7-13(21(3)19-11)15(23)22-8-12(14-18-17-10-20(14)2)16(9-22)5-4-6-16/h7,10,12H,4-6,8-9H2,1-3H3. The Kier molecular flexibility index (Phi) is 3.08. The second-order valence-electron chi connectivity index (χ2n) is 7.05. The van der Waals surface area contributed by atoms with Crippen LogP contribution in [0.2, 0.25) is 0 Å². The van der Waals surface area contributed by atoms with Crippen LogP contribution in [0.25, 0.3) is 0 Å². The van der Waals surface area contributed by atoms with Gasteiger partial charge >= 0.3 is 0 Å². The maximum absolute atomic E-state index is 12.9. The highest BCUT2D eigenvalue weighted by atomic mass is 16.2. The summed E-state index contributed by atoms with van der Waals surface area (Å²) < 4.78 is 3.67. The van der Waals surface area contributed by atoms with Gasteiger partial charge in [-0.2, -0.15) is 5.10 Å². The van der Waals surface area contributed by atoms with Gasteiger partial charge in [0.2, 0.25) is 0 Å². The molecule has 2 aromatic heterocycles. The van der Waals surface area contributed by atoms with Gasteiger partial charge in [0.05, 0.1) is 5.69 Å². The van der Waals surface area contributed by atoms with Gasteiger partial charge in [-0.3, -0.25) is 9.48 Å². The van der Waals surface area contributed by atoms with Crippen molar-refractivity contribution in [1.29, 1.82) is 0 Å². The molecule has 7 nitrogen and oxygen atoms in total. The van der Waals surface area contributed by atoms with Gasteiger partial charge in [-0.25, -0.2) is 0 Å². The molecule has 122 valence electrons. The average molecular weight is 314 g/mol. The number of aromatic nitrogens is 5. The molecule has 7 heteroatoms. The summed E-state index contributed by atoms with van der Waals surface area (Å²) in [6.07, 6.45) is 5.31. The third kappa shape index (κ3) is 2.09. The lowest BCUT2D eigenvalue weighted by atomic mass is 9.62. The number of carbonyl (C=O) groups excluding carboxylic acids is 1. The first-order valence-electron chi connectivity index (χ1n) is 8.14. The van der Waals surface area contributed by atoms with Gasteiger partial charge in [0.25, 0.3) is 5.91 Å². The van der Waals surface area contributed by atoms with Crippen molar-refractivity contribution in [2.75, 3.05) is 13.1 Å². The molecule has 2 fully saturated rings. The number of aryl methyl sites for hydroxylation is 3. The summed E-state index contributed by atoms with van der Waals surface area (Å²) in [6.45, 7) is 3.44. The number of likely N-dealkylation sites (tertiary alicyclic amines) is 1. The topological polar surface area (TPSA) is 68.8 Å². The lowest BCUT2D eigenvalue weighted by molar-refractivity contribution is 0.0713. The summed E-state index contributed by atoms with van der Waals surface area (Å²) in [5.41, 5.74) is 1.72. The molecule has 1 atom stereocenters. The zero-order valence-corrected chi connectivity index (χ0v) is 13.9. The van der Waals surface area contributed by atoms with Crippen molar-refractivity contribution in [2.24, 2.45) is 19.5 Å². The van der Waals surface area contributed by atoms with Gasteiger partial charge in [0.1, 0.15) is 17.8 Å². The van der Waals surface area contributed by atoms with Crippen molar-refractivity contribution < 1.29 is 4.79 Å². The third-order valence-corrected chi connectivity index (χ3v) is 5.56. The van der Waals surface area contributed by atoms with Crippen LogP contribution in [0.3, 0.4) is 0 Å². The third-order valence-electron chi connectivity index (χ3n) is 5.56. The number of rotatable bonds is 2. The Hall–Kier alpha value is -2.18. The molecule has 1 saturated heterocycles. The van der Waals surface area contributed by atoms with Crippen LogP contribution in [0.1, 0.15) is 47.2 Å². The maximum Gasteiger partial charge on any atom is 0.272 e. The Morgan fingerprint density at radius 1 is 1.35 bits per heavy atom. The molecule has 3 heterocycles. The lowest BCUT2D eigenvalue weighted by Crippen LogP contribution is -2.38. The molecule has 2 aliphatic rings. The van der Waals surface area contributed by atoms with Crippen molar-refractivity contribution >= 4 is 5.91 Å². The van der Waals surface area contributed by atoms with E-state index in [0.29, 0.717) is 5.69 Å². The Morgan fingerprint density at radius 3 is 2.65 bits per heavy atom. The van der Waals surface area contributed by atoms with Crippen molar-refractivity contribution in [2.45, 2.75) is 32.1 Å². The van der Waals surface area contributed by atoms with Gasteiger partial charge in [0.15, 0.2) is 0 Å². The van der Waals surface area contributed by atoms with E-state index >= 15 is 0 Å². The highest BCUT2D eigenvalue weighted by molar-refractivity contribution is 5.93. The van der Waals surface area contributed by atoms with E-state index in [1.165, 1.54) is 19.3 Å². The van der Waals surface area contributed by atoms with Crippen molar-refractivity contribution in [3.8, 4) is 0 Å². The molecule has 4 rings (SSSR count). The summed E-state index contributed by atoms with van der Waals surface area (Å²) in [5, 5.41) is 12.7. The molecule has 0 N–H and O–H groups in total. The second kappa shape index (κ2) is 4.91. The van der Waals surface area contributed by atoms with E-state index in [2.05, 4.69) is 15.3 Å². The van der Waals surface area contributed by atoms with Gasteiger partial charge in [-0.1, -0.05) is 6.42 Å². The zero-order valence-electron chi connectivity index (χ0n) is 13.9. The Balaban J connectivity index is 1.64. The first-order valence-corrected chi connectivity index (χ1v) is 8.14. The molecule has 0 radical (unpaired) electrons. The van der Waals surface area contributed by atoms with E-state index in [0.717, 1.165) is 24.6 Å². The van der Waals surface area contributed by atoms with Gasteiger partial charge in [0, 0.05) is 33.1 Å². The molecular weight excluding hydrogens is 292 g/mol. The summed E-state index contributed by atoms with van der Waals surface area (Å²) in [4.78, 5) is 14.9. The molecule has 1 unspecified atom stereocenters. The van der Waals surface area contributed by atoms with Crippen LogP contribution in [0.15, 0.2) is 12.4 Å². The minimum atomic E-state index is 0.0732. The summed E-state index contributed by atoms with van der Waals surface area (Å²) in [7, 11) is 3.81. The number of nitrogens with zero attached hydrogens (tertiary/aromatic N) is 6. The van der Waals surface area contributed by atoms with Crippen LogP contribution in [0, 0.1) is 12.3 Å². The van der Waals surface area contributed by atoms with Crippen molar-refractivity contribution in [3.05, 3.63) is 29.6 Å². The van der Waals surface area contributed by atoms with Crippen LogP contribution >= 0.6 is 0 Å². The number of carbonyl (C=O) groups is 1. The molecule has 1 aliphatic carbocycles. The molecule has 1 aliphatic heterocycles. The maximum atomic E-state index is 12.9. The summed E-state index contributed by atoms with van der Waals surface area (Å²) in [5.74, 6) is 1.35. The van der Waals surface area contributed by atoms with Crippen molar-refractivity contribution in [3.63, 3.8) is 0 Å². The fourth-order valence-electron chi connectivity index (χ4n) is 4.20. The Morgan fingerprint density at radius 2 is 2.13 bits per heavy atom. The highest BCUT2D eigenvalue weighted by Crippen LogP contribution is 2.55. The predicted molar refractivity (Wildman–Crippen MR) is 83.9 cm³/mol.